The van der Waals surface area contributed by atoms with E-state index in [1.807, 2.05) is 38.1 Å². The molecule has 33 heavy (non-hydrogen) atoms. The fraction of sp³-hybridized carbons (Fsp3) is 0.583. The molecular formula is C24H31N5O4. The normalized spacial score (nSPS) is 27.0. The SMILES string of the molecule is [C-]#[N+][C@@H]1C[C@@]2(CN1C(=O)[C@H](CC(C)C)N(C)C(=O)N1CC[C@H](O)C1)C(=O)Nc1ccccc12. The Bertz CT molecular complexity index is 1000. The van der Waals surface area contributed by atoms with Crippen molar-refractivity contribution in [3.63, 3.8) is 0 Å². The predicted molar refractivity (Wildman–Crippen MR) is 122 cm³/mol. The topological polar surface area (TPSA) is 97.6 Å². The van der Waals surface area contributed by atoms with Gasteiger partial charge in [-0.2, -0.15) is 0 Å². The number of rotatable bonds is 4. The molecule has 2 N–H and O–H groups in total. The maximum Gasteiger partial charge on any atom is 0.320 e. The average Bonchev–Trinajstić information content (AvgIpc) is 3.47. The molecule has 1 aromatic rings. The Morgan fingerprint density at radius 2 is 2.09 bits per heavy atom. The Morgan fingerprint density at radius 3 is 2.73 bits per heavy atom. The van der Waals surface area contributed by atoms with Crippen LogP contribution in [0.5, 0.6) is 0 Å². The number of nitrogens with one attached hydrogen (secondary N) is 1. The Kier molecular flexibility index (Phi) is 6.06. The maximum absolute atomic E-state index is 13.8. The van der Waals surface area contributed by atoms with Crippen molar-refractivity contribution in [2.75, 3.05) is 32.0 Å². The molecule has 4 rings (SSSR count). The number of carbonyl (C=O) groups excluding carboxylic acids is 3. The van der Waals surface area contributed by atoms with Gasteiger partial charge < -0.3 is 20.2 Å². The van der Waals surface area contributed by atoms with E-state index in [-0.39, 0.29) is 43.3 Å². The van der Waals surface area contributed by atoms with E-state index in [1.165, 1.54) is 9.80 Å². The summed E-state index contributed by atoms with van der Waals surface area (Å²) in [4.78, 5) is 48.1. The molecule has 176 valence electrons. The van der Waals surface area contributed by atoms with Crippen molar-refractivity contribution in [1.29, 1.82) is 0 Å². The van der Waals surface area contributed by atoms with Crippen LogP contribution in [-0.2, 0) is 15.0 Å². The first-order valence-corrected chi connectivity index (χ1v) is 11.5. The molecule has 0 bridgehead atoms. The number of likely N-dealkylation sites (tertiary alicyclic amines) is 2. The molecule has 1 spiro atoms. The summed E-state index contributed by atoms with van der Waals surface area (Å²) in [7, 11) is 1.61. The molecular weight excluding hydrogens is 422 g/mol. The summed E-state index contributed by atoms with van der Waals surface area (Å²) in [5.74, 6) is -0.366. The van der Waals surface area contributed by atoms with Gasteiger partial charge in [-0.15, -0.1) is 0 Å². The van der Waals surface area contributed by atoms with Crippen LogP contribution in [-0.4, -0.2) is 82.6 Å². The largest absolute Gasteiger partial charge is 0.391 e. The van der Waals surface area contributed by atoms with Gasteiger partial charge in [0.05, 0.1) is 12.5 Å². The van der Waals surface area contributed by atoms with Gasteiger partial charge in [-0.3, -0.25) is 19.3 Å². The highest BCUT2D eigenvalue weighted by Crippen LogP contribution is 2.47. The number of hydrogen-bond donors (Lipinski definition) is 2. The van der Waals surface area contributed by atoms with Crippen molar-refractivity contribution in [2.45, 2.75) is 56.8 Å². The van der Waals surface area contributed by atoms with Crippen molar-refractivity contribution >= 4 is 23.5 Å². The predicted octanol–water partition coefficient (Wildman–Crippen LogP) is 1.89. The van der Waals surface area contributed by atoms with Crippen LogP contribution in [0.2, 0.25) is 0 Å². The summed E-state index contributed by atoms with van der Waals surface area (Å²) in [6.45, 7) is 12.5. The van der Waals surface area contributed by atoms with Crippen LogP contribution in [0.3, 0.4) is 0 Å². The summed E-state index contributed by atoms with van der Waals surface area (Å²) in [5, 5.41) is 12.7. The Morgan fingerprint density at radius 1 is 1.36 bits per heavy atom. The van der Waals surface area contributed by atoms with E-state index in [2.05, 4.69) is 10.2 Å². The van der Waals surface area contributed by atoms with Gasteiger partial charge >= 0.3 is 12.2 Å². The van der Waals surface area contributed by atoms with Gasteiger partial charge in [0.25, 0.3) is 5.91 Å². The van der Waals surface area contributed by atoms with E-state index in [0.29, 0.717) is 19.4 Å². The molecule has 2 saturated heterocycles. The number of β-amino-alcohol motifs (C(OH)–C–C–N with tert-alkyl or cyclic N) is 1. The van der Waals surface area contributed by atoms with Crippen molar-refractivity contribution < 1.29 is 19.5 Å². The number of nitrogens with zero attached hydrogens (tertiary/aromatic N) is 4. The summed E-state index contributed by atoms with van der Waals surface area (Å²) in [6, 6.07) is 6.35. The van der Waals surface area contributed by atoms with Gasteiger partial charge in [0.15, 0.2) is 0 Å². The number of likely N-dealkylation sites (N-methyl/N-ethyl adjacent to an activating group) is 1. The van der Waals surface area contributed by atoms with Crippen LogP contribution in [0.25, 0.3) is 4.85 Å². The lowest BCUT2D eigenvalue weighted by Crippen LogP contribution is -2.54. The fourth-order valence-electron chi connectivity index (χ4n) is 5.29. The van der Waals surface area contributed by atoms with Crippen LogP contribution >= 0.6 is 0 Å². The second-order valence-corrected chi connectivity index (χ2v) is 9.79. The van der Waals surface area contributed by atoms with E-state index in [4.69, 9.17) is 6.57 Å². The minimum atomic E-state index is -0.953. The van der Waals surface area contributed by atoms with Gasteiger partial charge in [-0.05, 0) is 30.4 Å². The number of anilines is 1. The average molecular weight is 454 g/mol. The van der Waals surface area contributed by atoms with Crippen molar-refractivity contribution in [3.8, 4) is 0 Å². The highest BCUT2D eigenvalue weighted by Gasteiger charge is 2.59. The van der Waals surface area contributed by atoms with Crippen molar-refractivity contribution in [3.05, 3.63) is 41.2 Å². The molecule has 3 heterocycles. The number of urea groups is 1. The highest BCUT2D eigenvalue weighted by molar-refractivity contribution is 6.07. The minimum absolute atomic E-state index is 0.112. The van der Waals surface area contributed by atoms with Crippen LogP contribution in [0.4, 0.5) is 10.5 Å². The number of benzene rings is 1. The molecule has 3 aliphatic heterocycles. The van der Waals surface area contributed by atoms with Crippen molar-refractivity contribution in [2.24, 2.45) is 5.92 Å². The second-order valence-electron chi connectivity index (χ2n) is 9.79. The second kappa shape index (κ2) is 8.67. The van der Waals surface area contributed by atoms with Gasteiger partial charge in [0.1, 0.15) is 11.5 Å². The zero-order valence-corrected chi connectivity index (χ0v) is 19.3. The van der Waals surface area contributed by atoms with Gasteiger partial charge in [-0.1, -0.05) is 32.0 Å². The van der Waals surface area contributed by atoms with Gasteiger partial charge in [0.2, 0.25) is 5.91 Å². The van der Waals surface area contributed by atoms with Crippen molar-refractivity contribution in [1.82, 2.24) is 14.7 Å². The number of amides is 4. The van der Waals surface area contributed by atoms with E-state index in [0.717, 1.165) is 11.3 Å². The molecule has 3 aliphatic rings. The molecule has 9 nitrogen and oxygen atoms in total. The van der Waals surface area contributed by atoms with E-state index < -0.39 is 23.7 Å². The lowest BCUT2D eigenvalue weighted by atomic mass is 9.80. The lowest BCUT2D eigenvalue weighted by Gasteiger charge is -2.34. The molecule has 4 atom stereocenters. The molecule has 4 amide bonds. The molecule has 0 radical (unpaired) electrons. The number of carbonyl (C=O) groups is 3. The van der Waals surface area contributed by atoms with Crippen LogP contribution in [0.1, 0.15) is 38.7 Å². The maximum atomic E-state index is 13.8. The molecule has 0 saturated carbocycles. The number of hydrogen-bond acceptors (Lipinski definition) is 4. The number of para-hydroxylation sites is 1. The quantitative estimate of drug-likeness (QED) is 0.681. The third-order valence-electron chi connectivity index (χ3n) is 7.07. The highest BCUT2D eigenvalue weighted by atomic mass is 16.3. The molecule has 0 unspecified atom stereocenters. The molecule has 1 aromatic carbocycles. The van der Waals surface area contributed by atoms with E-state index >= 15 is 0 Å². The first-order valence-electron chi connectivity index (χ1n) is 11.5. The van der Waals surface area contributed by atoms with Crippen LogP contribution in [0, 0.1) is 12.5 Å². The smallest absolute Gasteiger partial charge is 0.320 e. The fourth-order valence-corrected chi connectivity index (χ4v) is 5.29. The lowest BCUT2D eigenvalue weighted by molar-refractivity contribution is -0.136. The number of fused-ring (bicyclic) bond motifs is 2. The zero-order valence-electron chi connectivity index (χ0n) is 19.3. The van der Waals surface area contributed by atoms with E-state index in [9.17, 15) is 19.5 Å². The molecule has 2 fully saturated rings. The monoisotopic (exact) mass is 453 g/mol. The standard InChI is InChI=1S/C24H31N5O4/c1-15(2)11-19(27(4)23(33)28-10-9-16(30)13-28)21(31)29-14-24(12-20(29)25-3)17-7-5-6-8-18(17)26-22(24)32/h5-8,15-16,19-20,30H,9-14H2,1-2,4H3,(H,26,32)/t16-,19-,20-,24-/m0/s1. The Labute approximate surface area is 194 Å². The molecule has 0 aromatic heterocycles. The zero-order chi connectivity index (χ0) is 23.9. The summed E-state index contributed by atoms with van der Waals surface area (Å²) >= 11 is 0. The minimum Gasteiger partial charge on any atom is -0.391 e. The first kappa shape index (κ1) is 23.1. The third kappa shape index (κ3) is 3.93. The Balaban J connectivity index is 1.61. The summed E-state index contributed by atoms with van der Waals surface area (Å²) in [5.41, 5.74) is 0.583. The number of aliphatic hydroxyl groups is 1. The van der Waals surface area contributed by atoms with Crippen LogP contribution < -0.4 is 5.32 Å². The summed E-state index contributed by atoms with van der Waals surface area (Å²) in [6.07, 6.45) is -0.136. The summed E-state index contributed by atoms with van der Waals surface area (Å²) < 4.78 is 0. The Hall–Kier alpha value is -3.12. The molecule has 9 heteroatoms. The third-order valence-corrected chi connectivity index (χ3v) is 7.07. The van der Waals surface area contributed by atoms with Gasteiger partial charge in [0, 0.05) is 32.4 Å². The van der Waals surface area contributed by atoms with Gasteiger partial charge in [-0.25, -0.2) is 11.4 Å². The number of aliphatic hydroxyl groups excluding tert-OH is 1. The van der Waals surface area contributed by atoms with Crippen LogP contribution in [0.15, 0.2) is 24.3 Å². The first-order chi connectivity index (χ1) is 15.7. The molecule has 0 aliphatic carbocycles. The van der Waals surface area contributed by atoms with E-state index in [1.54, 1.807) is 11.9 Å².